The van der Waals surface area contributed by atoms with Gasteiger partial charge < -0.3 is 9.84 Å². The van der Waals surface area contributed by atoms with Crippen LogP contribution in [0, 0.1) is 0 Å². The molecule has 1 saturated heterocycles. The number of ether oxygens (including phenoxy) is 1. The number of benzene rings is 2. The summed E-state index contributed by atoms with van der Waals surface area (Å²) in [6, 6.07) is 15.5. The molecule has 0 bridgehead atoms. The van der Waals surface area contributed by atoms with Crippen molar-refractivity contribution in [2.24, 2.45) is 0 Å². The van der Waals surface area contributed by atoms with E-state index in [2.05, 4.69) is 15.9 Å². The average molecular weight is 492 g/mol. The molecular weight excluding hydrogens is 474 g/mol. The molecule has 8 heteroatoms. The highest BCUT2D eigenvalue weighted by Gasteiger charge is 2.31. The number of rotatable bonds is 8. The molecule has 2 aromatic carbocycles. The van der Waals surface area contributed by atoms with Crippen LogP contribution < -0.4 is 4.74 Å². The number of aliphatic carboxylic acids is 1. The van der Waals surface area contributed by atoms with Crippen molar-refractivity contribution >= 4 is 62.2 Å². The maximum absolute atomic E-state index is 12.7. The van der Waals surface area contributed by atoms with Crippen LogP contribution in [0.4, 0.5) is 0 Å². The standard InChI is InChI=1S/C21H18BrNO4S2/c22-16-8-9-17(27-13-14-5-2-1-3-6-14)15(11-16)12-18-20(26)23(21(28)29-18)10-4-7-19(24)25/h1-3,5-6,8-9,11-12H,4,7,10,13H2,(H,24,25)/b18-12+. The summed E-state index contributed by atoms with van der Waals surface area (Å²) in [5.74, 6) is -0.437. The van der Waals surface area contributed by atoms with Crippen molar-refractivity contribution < 1.29 is 19.4 Å². The number of thiocarbonyl (C=S) groups is 1. The SMILES string of the molecule is O=C(O)CCCN1C(=O)/C(=C\c2cc(Br)ccc2OCc2ccccc2)SC1=S. The Morgan fingerprint density at radius 1 is 1.24 bits per heavy atom. The molecule has 0 radical (unpaired) electrons. The molecule has 1 amide bonds. The van der Waals surface area contributed by atoms with Gasteiger partial charge in [-0.25, -0.2) is 0 Å². The Hall–Kier alpha value is -2.16. The summed E-state index contributed by atoms with van der Waals surface area (Å²) in [6.07, 6.45) is 2.12. The molecule has 0 unspecified atom stereocenters. The number of amides is 1. The van der Waals surface area contributed by atoms with Crippen molar-refractivity contribution in [2.45, 2.75) is 19.4 Å². The number of carboxylic acids is 1. The maximum Gasteiger partial charge on any atom is 0.303 e. The van der Waals surface area contributed by atoms with Gasteiger partial charge in [0.15, 0.2) is 0 Å². The van der Waals surface area contributed by atoms with Gasteiger partial charge in [-0.2, -0.15) is 0 Å². The molecular formula is C21H18BrNO4S2. The van der Waals surface area contributed by atoms with Gasteiger partial charge >= 0.3 is 5.97 Å². The van der Waals surface area contributed by atoms with E-state index in [1.165, 1.54) is 16.7 Å². The topological polar surface area (TPSA) is 66.8 Å². The highest BCUT2D eigenvalue weighted by atomic mass is 79.9. The number of carbonyl (C=O) groups excluding carboxylic acids is 1. The van der Waals surface area contributed by atoms with E-state index < -0.39 is 5.97 Å². The molecule has 0 atom stereocenters. The Balaban J connectivity index is 1.76. The van der Waals surface area contributed by atoms with Crippen molar-refractivity contribution in [3.8, 4) is 5.75 Å². The molecule has 0 aromatic heterocycles. The molecule has 5 nitrogen and oxygen atoms in total. The molecule has 1 aliphatic rings. The zero-order valence-corrected chi connectivity index (χ0v) is 18.6. The van der Waals surface area contributed by atoms with E-state index in [0.29, 0.717) is 34.5 Å². The average Bonchev–Trinajstić information content (AvgIpc) is 2.95. The van der Waals surface area contributed by atoms with E-state index in [-0.39, 0.29) is 12.3 Å². The first kappa shape index (κ1) is 21.5. The van der Waals surface area contributed by atoms with Gasteiger partial charge in [-0.15, -0.1) is 0 Å². The lowest BCUT2D eigenvalue weighted by atomic mass is 10.1. The summed E-state index contributed by atoms with van der Waals surface area (Å²) in [5, 5.41) is 8.78. The summed E-state index contributed by atoms with van der Waals surface area (Å²) in [4.78, 5) is 25.4. The number of thioether (sulfide) groups is 1. The van der Waals surface area contributed by atoms with E-state index in [0.717, 1.165) is 15.6 Å². The largest absolute Gasteiger partial charge is 0.488 e. The molecule has 1 N–H and O–H groups in total. The monoisotopic (exact) mass is 491 g/mol. The zero-order valence-electron chi connectivity index (χ0n) is 15.3. The van der Waals surface area contributed by atoms with Crippen LogP contribution in [0.2, 0.25) is 0 Å². The molecule has 29 heavy (non-hydrogen) atoms. The van der Waals surface area contributed by atoms with E-state index in [4.69, 9.17) is 22.1 Å². The molecule has 3 rings (SSSR count). The predicted molar refractivity (Wildman–Crippen MR) is 122 cm³/mol. The van der Waals surface area contributed by atoms with Gasteiger partial charge in [-0.3, -0.25) is 14.5 Å². The number of nitrogens with zero attached hydrogens (tertiary/aromatic N) is 1. The van der Waals surface area contributed by atoms with Crippen molar-refractivity contribution in [2.75, 3.05) is 6.54 Å². The van der Waals surface area contributed by atoms with Crippen LogP contribution in [-0.4, -0.2) is 32.7 Å². The van der Waals surface area contributed by atoms with E-state index in [9.17, 15) is 9.59 Å². The predicted octanol–water partition coefficient (Wildman–Crippen LogP) is 5.09. The molecule has 0 spiro atoms. The van der Waals surface area contributed by atoms with E-state index in [1.807, 2.05) is 48.5 Å². The Labute approximate surface area is 186 Å². The molecule has 1 heterocycles. The maximum atomic E-state index is 12.7. The van der Waals surface area contributed by atoms with E-state index >= 15 is 0 Å². The van der Waals surface area contributed by atoms with Crippen molar-refractivity contribution in [3.05, 3.63) is 69.0 Å². The first-order valence-corrected chi connectivity index (χ1v) is 10.9. The first-order valence-electron chi connectivity index (χ1n) is 8.87. The molecule has 0 aliphatic carbocycles. The Kier molecular flexibility index (Phi) is 7.46. The third kappa shape index (κ3) is 5.91. The van der Waals surface area contributed by atoms with Gasteiger partial charge in [0.2, 0.25) is 0 Å². The van der Waals surface area contributed by atoms with E-state index in [1.54, 1.807) is 6.08 Å². The minimum absolute atomic E-state index is 0.000780. The fourth-order valence-corrected chi connectivity index (χ4v) is 4.40. The van der Waals surface area contributed by atoms with Crippen molar-refractivity contribution in [3.63, 3.8) is 0 Å². The van der Waals surface area contributed by atoms with Gasteiger partial charge in [0.25, 0.3) is 5.91 Å². The Morgan fingerprint density at radius 3 is 2.72 bits per heavy atom. The number of hydrogen-bond donors (Lipinski definition) is 1. The summed E-state index contributed by atoms with van der Waals surface area (Å²) < 4.78 is 7.28. The highest BCUT2D eigenvalue weighted by molar-refractivity contribution is 9.10. The second kappa shape index (κ2) is 10.0. The lowest BCUT2D eigenvalue weighted by molar-refractivity contribution is -0.137. The van der Waals surface area contributed by atoms with Gasteiger partial charge in [0.1, 0.15) is 16.7 Å². The molecule has 2 aromatic rings. The van der Waals surface area contributed by atoms with Crippen LogP contribution in [0.3, 0.4) is 0 Å². The fourth-order valence-electron chi connectivity index (χ4n) is 2.72. The van der Waals surface area contributed by atoms with Crippen LogP contribution in [-0.2, 0) is 16.2 Å². The minimum atomic E-state index is -0.889. The quantitative estimate of drug-likeness (QED) is 0.409. The number of carboxylic acid groups (broad SMARTS) is 1. The molecule has 150 valence electrons. The van der Waals surface area contributed by atoms with Gasteiger partial charge in [-0.1, -0.05) is 70.2 Å². The fraction of sp³-hybridized carbons (Fsp3) is 0.190. The first-order chi connectivity index (χ1) is 13.9. The van der Waals surface area contributed by atoms with Crippen LogP contribution in [0.5, 0.6) is 5.75 Å². The molecule has 1 fully saturated rings. The number of carbonyl (C=O) groups is 2. The summed E-state index contributed by atoms with van der Waals surface area (Å²) >= 11 is 9.98. The normalized spacial score (nSPS) is 15.2. The number of halogens is 1. The lowest BCUT2D eigenvalue weighted by Crippen LogP contribution is -2.29. The Bertz CT molecular complexity index is 962. The second-order valence-corrected chi connectivity index (χ2v) is 8.88. The second-order valence-electron chi connectivity index (χ2n) is 6.29. The van der Waals surface area contributed by atoms with Crippen LogP contribution >= 0.6 is 39.9 Å². The summed E-state index contributed by atoms with van der Waals surface area (Å²) in [7, 11) is 0. The summed E-state index contributed by atoms with van der Waals surface area (Å²) in [6.45, 7) is 0.712. The smallest absolute Gasteiger partial charge is 0.303 e. The third-order valence-corrected chi connectivity index (χ3v) is 6.01. The number of hydrogen-bond acceptors (Lipinski definition) is 5. The lowest BCUT2D eigenvalue weighted by Gasteiger charge is -2.13. The minimum Gasteiger partial charge on any atom is -0.488 e. The van der Waals surface area contributed by atoms with Crippen molar-refractivity contribution in [1.29, 1.82) is 0 Å². The highest BCUT2D eigenvalue weighted by Crippen LogP contribution is 2.35. The van der Waals surface area contributed by atoms with Crippen molar-refractivity contribution in [1.82, 2.24) is 4.90 Å². The van der Waals surface area contributed by atoms with Crippen LogP contribution in [0.25, 0.3) is 6.08 Å². The van der Waals surface area contributed by atoms with Gasteiger partial charge in [-0.05, 0) is 36.3 Å². The third-order valence-electron chi connectivity index (χ3n) is 4.14. The van der Waals surface area contributed by atoms with Gasteiger partial charge in [0.05, 0.1) is 4.91 Å². The molecule has 1 aliphatic heterocycles. The van der Waals surface area contributed by atoms with Crippen LogP contribution in [0.15, 0.2) is 57.9 Å². The summed E-state index contributed by atoms with van der Waals surface area (Å²) in [5.41, 5.74) is 1.81. The Morgan fingerprint density at radius 2 is 2.00 bits per heavy atom. The van der Waals surface area contributed by atoms with Gasteiger partial charge in [0, 0.05) is 23.0 Å². The van der Waals surface area contributed by atoms with Crippen LogP contribution in [0.1, 0.15) is 24.0 Å². The molecule has 0 saturated carbocycles. The zero-order chi connectivity index (χ0) is 20.8.